The van der Waals surface area contributed by atoms with Crippen molar-refractivity contribution in [1.29, 1.82) is 0 Å². The second-order valence-electron chi connectivity index (χ2n) is 7.53. The Morgan fingerprint density at radius 1 is 1.26 bits per heavy atom. The second-order valence-corrected chi connectivity index (χ2v) is 7.53. The highest BCUT2D eigenvalue weighted by Crippen LogP contribution is 2.25. The molecular weight excluding hydrogens is 340 g/mol. The van der Waals surface area contributed by atoms with Gasteiger partial charge in [-0.15, -0.1) is 10.2 Å². The first kappa shape index (κ1) is 18.1. The molecule has 2 aliphatic rings. The molecule has 2 aliphatic heterocycles. The van der Waals surface area contributed by atoms with Crippen LogP contribution in [0.1, 0.15) is 51.3 Å². The molecule has 2 aromatic rings. The molecule has 1 aromatic carbocycles. The van der Waals surface area contributed by atoms with Crippen molar-refractivity contribution in [2.75, 3.05) is 5.32 Å². The van der Waals surface area contributed by atoms with Crippen molar-refractivity contribution in [3.63, 3.8) is 0 Å². The maximum atomic E-state index is 12.6. The van der Waals surface area contributed by atoms with Crippen LogP contribution in [0.2, 0.25) is 0 Å². The number of rotatable bonds is 5. The van der Waals surface area contributed by atoms with E-state index in [4.69, 9.17) is 0 Å². The monoisotopic (exact) mass is 368 g/mol. The van der Waals surface area contributed by atoms with Crippen molar-refractivity contribution < 1.29 is 4.79 Å². The number of aryl methyl sites for hydroxylation is 1. The maximum Gasteiger partial charge on any atom is 0.242 e. The van der Waals surface area contributed by atoms with Gasteiger partial charge in [-0.2, -0.15) is 0 Å². The lowest BCUT2D eigenvalue weighted by atomic mass is 10.1. The summed E-state index contributed by atoms with van der Waals surface area (Å²) in [5.74, 6) is 1.96. The lowest BCUT2D eigenvalue weighted by Crippen LogP contribution is -2.40. The Hall–Kier alpha value is -2.25. The Morgan fingerprint density at radius 2 is 2.19 bits per heavy atom. The third-order valence-corrected chi connectivity index (χ3v) is 5.43. The van der Waals surface area contributed by atoms with E-state index in [1.807, 2.05) is 24.3 Å². The smallest absolute Gasteiger partial charge is 0.242 e. The van der Waals surface area contributed by atoms with E-state index in [2.05, 4.69) is 37.9 Å². The fourth-order valence-electron chi connectivity index (χ4n) is 4.00. The van der Waals surface area contributed by atoms with Gasteiger partial charge < -0.3 is 9.88 Å². The lowest BCUT2D eigenvalue weighted by molar-refractivity contribution is -0.117. The third-order valence-electron chi connectivity index (χ3n) is 5.43. The number of hydrogen-bond donors (Lipinski definition) is 3. The van der Waals surface area contributed by atoms with Crippen LogP contribution in [0.25, 0.3) is 11.4 Å². The van der Waals surface area contributed by atoms with E-state index in [9.17, 15) is 4.79 Å². The quantitative estimate of drug-likeness (QED) is 0.756. The molecule has 0 saturated carbocycles. The summed E-state index contributed by atoms with van der Waals surface area (Å²) in [6.07, 6.45) is 7.56. The highest BCUT2D eigenvalue weighted by molar-refractivity contribution is 5.95. The van der Waals surface area contributed by atoms with Gasteiger partial charge in [0.05, 0.1) is 0 Å². The van der Waals surface area contributed by atoms with Crippen LogP contribution in [-0.4, -0.2) is 32.8 Å². The highest BCUT2D eigenvalue weighted by atomic mass is 16.2. The number of nitrogens with one attached hydrogen (secondary N) is 3. The van der Waals surface area contributed by atoms with E-state index >= 15 is 0 Å². The molecule has 1 aromatic heterocycles. The first-order chi connectivity index (χ1) is 13.2. The molecule has 0 bridgehead atoms. The van der Waals surface area contributed by atoms with Crippen LogP contribution in [0.3, 0.4) is 0 Å². The maximum absolute atomic E-state index is 12.6. The molecule has 7 heteroatoms. The van der Waals surface area contributed by atoms with E-state index in [1.165, 1.54) is 12.8 Å². The molecule has 3 heterocycles. The molecule has 0 spiro atoms. The summed E-state index contributed by atoms with van der Waals surface area (Å²) in [7, 11) is 0. The third kappa shape index (κ3) is 4.04. The van der Waals surface area contributed by atoms with E-state index in [-0.39, 0.29) is 11.9 Å². The van der Waals surface area contributed by atoms with Gasteiger partial charge in [0.15, 0.2) is 5.82 Å². The summed E-state index contributed by atoms with van der Waals surface area (Å²) in [5, 5.41) is 11.8. The summed E-state index contributed by atoms with van der Waals surface area (Å²) in [6, 6.07) is 8.07. The zero-order chi connectivity index (χ0) is 18.6. The van der Waals surface area contributed by atoms with Crippen molar-refractivity contribution in [2.45, 2.75) is 70.5 Å². The van der Waals surface area contributed by atoms with Crippen molar-refractivity contribution in [1.82, 2.24) is 25.6 Å². The number of carbonyl (C=O) groups excluding carboxylic acids is 1. The molecule has 144 valence electrons. The normalized spacial score (nSPS) is 22.3. The standard InChI is InChI=1S/C20H28N6O/c1-2-7-16-13-17(23-22-16)20(27)21-15-9-6-8-14(12-15)19-25-24-18-10-4-3-5-11-26(18)19/h6,8-9,12,16-17,22-23H,2-5,7,10-11,13H2,1H3,(H,21,27). The Bertz CT molecular complexity index is 802. The number of anilines is 1. The molecule has 3 N–H and O–H groups in total. The zero-order valence-corrected chi connectivity index (χ0v) is 15.9. The van der Waals surface area contributed by atoms with Crippen LogP contribution in [0.5, 0.6) is 0 Å². The second kappa shape index (κ2) is 8.19. The molecule has 1 fully saturated rings. The first-order valence-electron chi connectivity index (χ1n) is 10.1. The van der Waals surface area contributed by atoms with Crippen LogP contribution in [-0.2, 0) is 17.8 Å². The van der Waals surface area contributed by atoms with Crippen LogP contribution in [0.4, 0.5) is 5.69 Å². The minimum atomic E-state index is -0.199. The molecular formula is C20H28N6O. The van der Waals surface area contributed by atoms with Gasteiger partial charge in [0, 0.05) is 30.3 Å². The number of fused-ring (bicyclic) bond motifs is 1. The van der Waals surface area contributed by atoms with Crippen LogP contribution < -0.4 is 16.2 Å². The van der Waals surface area contributed by atoms with Crippen LogP contribution in [0.15, 0.2) is 24.3 Å². The Labute approximate surface area is 159 Å². The van der Waals surface area contributed by atoms with Gasteiger partial charge in [-0.25, -0.2) is 5.43 Å². The number of aromatic nitrogens is 3. The van der Waals surface area contributed by atoms with E-state index in [0.717, 1.165) is 61.5 Å². The molecule has 7 nitrogen and oxygen atoms in total. The number of carbonyl (C=O) groups is 1. The molecule has 1 amide bonds. The van der Waals surface area contributed by atoms with Crippen LogP contribution >= 0.6 is 0 Å². The lowest BCUT2D eigenvalue weighted by Gasteiger charge is -2.12. The number of amides is 1. The number of benzene rings is 1. The topological polar surface area (TPSA) is 83.9 Å². The summed E-state index contributed by atoms with van der Waals surface area (Å²) in [4.78, 5) is 12.6. The first-order valence-corrected chi connectivity index (χ1v) is 10.1. The van der Waals surface area contributed by atoms with Gasteiger partial charge in [-0.05, 0) is 37.8 Å². The molecule has 27 heavy (non-hydrogen) atoms. The fraction of sp³-hybridized carbons (Fsp3) is 0.550. The predicted octanol–water partition coefficient (Wildman–Crippen LogP) is 2.65. The Balaban J connectivity index is 1.47. The van der Waals surface area contributed by atoms with Crippen molar-refractivity contribution >= 4 is 11.6 Å². The molecule has 0 radical (unpaired) electrons. The van der Waals surface area contributed by atoms with E-state index in [0.29, 0.717) is 6.04 Å². The molecule has 4 rings (SSSR count). The van der Waals surface area contributed by atoms with Gasteiger partial charge in [0.25, 0.3) is 0 Å². The Morgan fingerprint density at radius 3 is 3.07 bits per heavy atom. The molecule has 0 aliphatic carbocycles. The minimum absolute atomic E-state index is 0.00155. The molecule has 1 saturated heterocycles. The van der Waals surface area contributed by atoms with E-state index in [1.54, 1.807) is 0 Å². The molecule has 2 atom stereocenters. The summed E-state index contributed by atoms with van der Waals surface area (Å²) < 4.78 is 2.23. The van der Waals surface area contributed by atoms with Crippen molar-refractivity contribution in [3.05, 3.63) is 30.1 Å². The average molecular weight is 368 g/mol. The Kier molecular flexibility index (Phi) is 5.50. The highest BCUT2D eigenvalue weighted by Gasteiger charge is 2.28. The van der Waals surface area contributed by atoms with Crippen molar-refractivity contribution in [3.8, 4) is 11.4 Å². The average Bonchev–Trinajstić information content (AvgIpc) is 3.24. The van der Waals surface area contributed by atoms with Gasteiger partial charge in [-0.3, -0.25) is 10.2 Å². The van der Waals surface area contributed by atoms with Crippen molar-refractivity contribution in [2.24, 2.45) is 0 Å². The number of hydrazine groups is 1. The van der Waals surface area contributed by atoms with Gasteiger partial charge in [-0.1, -0.05) is 31.9 Å². The number of nitrogens with zero attached hydrogens (tertiary/aromatic N) is 3. The van der Waals surface area contributed by atoms with Gasteiger partial charge in [0.2, 0.25) is 5.91 Å². The molecule has 2 unspecified atom stereocenters. The SMILES string of the molecule is CCCC1CC(C(=O)Nc2cccc(-c3nnc4n3CCCCC4)c2)NN1. The summed E-state index contributed by atoms with van der Waals surface area (Å²) in [6.45, 7) is 3.12. The minimum Gasteiger partial charge on any atom is -0.325 e. The number of hydrogen-bond acceptors (Lipinski definition) is 5. The summed E-state index contributed by atoms with van der Waals surface area (Å²) >= 11 is 0. The largest absolute Gasteiger partial charge is 0.325 e. The zero-order valence-electron chi connectivity index (χ0n) is 15.9. The fourth-order valence-corrected chi connectivity index (χ4v) is 4.00. The summed E-state index contributed by atoms with van der Waals surface area (Å²) in [5.41, 5.74) is 8.12. The van der Waals surface area contributed by atoms with Gasteiger partial charge >= 0.3 is 0 Å². The van der Waals surface area contributed by atoms with E-state index < -0.39 is 0 Å². The van der Waals surface area contributed by atoms with Gasteiger partial charge in [0.1, 0.15) is 11.9 Å². The predicted molar refractivity (Wildman–Crippen MR) is 105 cm³/mol. The van der Waals surface area contributed by atoms with Crippen LogP contribution in [0, 0.1) is 0 Å².